The molecule has 0 aliphatic carbocycles. The van der Waals surface area contributed by atoms with Gasteiger partial charge in [0.1, 0.15) is 12.0 Å². The van der Waals surface area contributed by atoms with Crippen LogP contribution in [-0.2, 0) is 0 Å². The molecule has 0 saturated carbocycles. The molecule has 0 spiro atoms. The van der Waals surface area contributed by atoms with Gasteiger partial charge in [-0.2, -0.15) is 0 Å². The monoisotopic (exact) mass is 417 g/mol. The van der Waals surface area contributed by atoms with Crippen LogP contribution in [0.1, 0.15) is 49.2 Å². The van der Waals surface area contributed by atoms with E-state index in [-0.39, 0.29) is 23.3 Å². The Bertz CT molecular complexity index is 912. The van der Waals surface area contributed by atoms with Crippen molar-refractivity contribution in [2.24, 2.45) is 4.99 Å². The fourth-order valence-electron chi connectivity index (χ4n) is 2.98. The Labute approximate surface area is 174 Å². The van der Waals surface area contributed by atoms with Gasteiger partial charge in [-0.1, -0.05) is 29.8 Å². The number of hydrogen-bond donors (Lipinski definition) is 4. The number of hydrogen-bond acceptors (Lipinski definition) is 4. The molecule has 1 aliphatic heterocycles. The molecular formula is C21H25ClFN5O. The van der Waals surface area contributed by atoms with Crippen LogP contribution in [0.15, 0.2) is 53.5 Å². The Hall–Kier alpha value is -2.48. The smallest absolute Gasteiger partial charge is 0.258 e. The average Bonchev–Trinajstić information content (AvgIpc) is 3.09. The van der Waals surface area contributed by atoms with E-state index >= 15 is 0 Å². The summed E-state index contributed by atoms with van der Waals surface area (Å²) in [6.45, 7) is 5.89. The second-order valence-electron chi connectivity index (χ2n) is 7.96. The second-order valence-corrected chi connectivity index (χ2v) is 8.40. The molecule has 1 saturated heterocycles. The van der Waals surface area contributed by atoms with E-state index < -0.39 is 11.7 Å². The molecule has 3 rings (SSSR count). The van der Waals surface area contributed by atoms with Gasteiger partial charge in [-0.05, 0) is 56.7 Å². The van der Waals surface area contributed by atoms with Crippen molar-refractivity contribution in [1.82, 2.24) is 21.5 Å². The third-order valence-electron chi connectivity index (χ3n) is 4.23. The van der Waals surface area contributed by atoms with Gasteiger partial charge in [0.2, 0.25) is 0 Å². The molecule has 4 N–H and O–H groups in total. The van der Waals surface area contributed by atoms with Crippen LogP contribution >= 0.6 is 11.6 Å². The standard InChI is InChI=1S/C21H25ClFN5O/c1-21(2,3)26-20(25-19(29)14-7-5-9-16(23)11-14)24-18-12-17(27-28-18)13-6-4-8-15(22)10-13/h4-11,17-18,27-28H,12H2,1-3H3,(H2,24,25,26,29). The van der Waals surface area contributed by atoms with E-state index in [1.165, 1.54) is 18.2 Å². The van der Waals surface area contributed by atoms with Crippen molar-refractivity contribution in [2.45, 2.75) is 44.9 Å². The van der Waals surface area contributed by atoms with Gasteiger partial charge in [0, 0.05) is 28.6 Å². The lowest BCUT2D eigenvalue weighted by Gasteiger charge is -2.24. The van der Waals surface area contributed by atoms with Gasteiger partial charge >= 0.3 is 0 Å². The first-order chi connectivity index (χ1) is 13.7. The van der Waals surface area contributed by atoms with Gasteiger partial charge in [0.15, 0.2) is 5.96 Å². The van der Waals surface area contributed by atoms with Crippen LogP contribution in [0.5, 0.6) is 0 Å². The van der Waals surface area contributed by atoms with Crippen molar-refractivity contribution in [1.29, 1.82) is 0 Å². The summed E-state index contributed by atoms with van der Waals surface area (Å²) in [7, 11) is 0. The van der Waals surface area contributed by atoms with Crippen LogP contribution < -0.4 is 21.5 Å². The summed E-state index contributed by atoms with van der Waals surface area (Å²) in [6.07, 6.45) is 0.405. The quantitative estimate of drug-likeness (QED) is 0.455. The van der Waals surface area contributed by atoms with Crippen molar-refractivity contribution >= 4 is 23.5 Å². The number of hydrazine groups is 1. The van der Waals surface area contributed by atoms with E-state index in [0.29, 0.717) is 17.4 Å². The van der Waals surface area contributed by atoms with Crippen molar-refractivity contribution in [3.63, 3.8) is 0 Å². The summed E-state index contributed by atoms with van der Waals surface area (Å²) < 4.78 is 13.4. The highest BCUT2D eigenvalue weighted by atomic mass is 35.5. The number of nitrogens with zero attached hydrogens (tertiary/aromatic N) is 1. The maximum Gasteiger partial charge on any atom is 0.258 e. The molecule has 2 atom stereocenters. The first-order valence-corrected chi connectivity index (χ1v) is 9.77. The number of guanidine groups is 1. The number of carbonyl (C=O) groups is 1. The lowest BCUT2D eigenvalue weighted by molar-refractivity contribution is 0.0974. The number of nitrogens with one attached hydrogen (secondary N) is 4. The SMILES string of the molecule is CC(C)(C)NC(=NC1CC(c2cccc(Cl)c2)NN1)NC(=O)c1cccc(F)c1. The predicted molar refractivity (Wildman–Crippen MR) is 113 cm³/mol. The lowest BCUT2D eigenvalue weighted by Crippen LogP contribution is -2.50. The van der Waals surface area contributed by atoms with Crippen LogP contribution in [0.2, 0.25) is 5.02 Å². The minimum atomic E-state index is -0.467. The highest BCUT2D eigenvalue weighted by Gasteiger charge is 2.26. The van der Waals surface area contributed by atoms with E-state index in [0.717, 1.165) is 5.56 Å². The summed E-state index contributed by atoms with van der Waals surface area (Å²) in [4.78, 5) is 17.2. The minimum Gasteiger partial charge on any atom is -0.351 e. The number of halogens is 2. The molecule has 1 fully saturated rings. The average molecular weight is 418 g/mol. The van der Waals surface area contributed by atoms with Crippen LogP contribution in [0.4, 0.5) is 4.39 Å². The molecule has 0 bridgehead atoms. The van der Waals surface area contributed by atoms with Crippen LogP contribution in [0.3, 0.4) is 0 Å². The highest BCUT2D eigenvalue weighted by Crippen LogP contribution is 2.24. The molecule has 2 unspecified atom stereocenters. The van der Waals surface area contributed by atoms with Gasteiger partial charge < -0.3 is 5.32 Å². The number of carbonyl (C=O) groups excluding carboxylic acids is 1. The molecule has 0 radical (unpaired) electrons. The summed E-state index contributed by atoms with van der Waals surface area (Å²) in [5.74, 6) is -0.582. The number of benzene rings is 2. The molecule has 2 aromatic rings. The van der Waals surface area contributed by atoms with E-state index in [4.69, 9.17) is 11.6 Å². The molecule has 1 heterocycles. The van der Waals surface area contributed by atoms with E-state index in [2.05, 4.69) is 26.5 Å². The Morgan fingerprint density at radius 2 is 1.93 bits per heavy atom. The fraction of sp³-hybridized carbons (Fsp3) is 0.333. The third kappa shape index (κ3) is 6.25. The maximum atomic E-state index is 13.4. The topological polar surface area (TPSA) is 77.6 Å². The molecule has 29 heavy (non-hydrogen) atoms. The van der Waals surface area contributed by atoms with Crippen molar-refractivity contribution in [3.8, 4) is 0 Å². The van der Waals surface area contributed by atoms with Gasteiger partial charge in [0.25, 0.3) is 5.91 Å². The van der Waals surface area contributed by atoms with Crippen molar-refractivity contribution in [2.75, 3.05) is 0 Å². The Balaban J connectivity index is 1.74. The molecule has 1 amide bonds. The van der Waals surface area contributed by atoms with Crippen LogP contribution in [0.25, 0.3) is 0 Å². The largest absolute Gasteiger partial charge is 0.351 e. The zero-order valence-electron chi connectivity index (χ0n) is 16.6. The maximum absolute atomic E-state index is 13.4. The van der Waals surface area contributed by atoms with Crippen LogP contribution in [-0.4, -0.2) is 23.6 Å². The number of aliphatic imine (C=N–C) groups is 1. The Morgan fingerprint density at radius 1 is 1.17 bits per heavy atom. The molecule has 8 heteroatoms. The van der Waals surface area contributed by atoms with Crippen LogP contribution in [0, 0.1) is 5.82 Å². The summed E-state index contributed by atoms with van der Waals surface area (Å²) in [6, 6.07) is 13.2. The van der Waals surface area contributed by atoms with Gasteiger partial charge in [-0.3, -0.25) is 10.1 Å². The summed E-state index contributed by atoms with van der Waals surface area (Å²) in [5, 5.41) is 6.62. The van der Waals surface area contributed by atoms with Gasteiger partial charge in [-0.15, -0.1) is 0 Å². The molecular weight excluding hydrogens is 393 g/mol. The molecule has 154 valence electrons. The summed E-state index contributed by atoms with van der Waals surface area (Å²) in [5.41, 5.74) is 7.29. The van der Waals surface area contributed by atoms with Crippen molar-refractivity contribution in [3.05, 3.63) is 70.5 Å². The first kappa shape index (κ1) is 21.2. The predicted octanol–water partition coefficient (Wildman–Crippen LogP) is 3.52. The number of rotatable bonds is 3. The van der Waals surface area contributed by atoms with Crippen molar-refractivity contribution < 1.29 is 9.18 Å². The fourth-order valence-corrected chi connectivity index (χ4v) is 3.18. The van der Waals surface area contributed by atoms with Gasteiger partial charge in [0.05, 0.1) is 0 Å². The van der Waals surface area contributed by atoms with Gasteiger partial charge in [-0.25, -0.2) is 20.2 Å². The highest BCUT2D eigenvalue weighted by molar-refractivity contribution is 6.30. The zero-order valence-corrected chi connectivity index (χ0v) is 17.3. The molecule has 6 nitrogen and oxygen atoms in total. The number of amides is 1. The van der Waals surface area contributed by atoms with E-state index in [1.807, 2.05) is 45.0 Å². The minimum absolute atomic E-state index is 0.0391. The second kappa shape index (κ2) is 8.90. The first-order valence-electron chi connectivity index (χ1n) is 9.39. The summed E-state index contributed by atoms with van der Waals surface area (Å²) >= 11 is 6.08. The Kier molecular flexibility index (Phi) is 6.52. The van der Waals surface area contributed by atoms with E-state index in [1.54, 1.807) is 6.07 Å². The normalized spacial score (nSPS) is 19.8. The third-order valence-corrected chi connectivity index (χ3v) is 4.47. The lowest BCUT2D eigenvalue weighted by atomic mass is 10.0. The molecule has 2 aromatic carbocycles. The molecule has 1 aliphatic rings. The zero-order chi connectivity index (χ0) is 21.0. The molecule has 0 aromatic heterocycles. The Morgan fingerprint density at radius 3 is 2.62 bits per heavy atom. The van der Waals surface area contributed by atoms with E-state index in [9.17, 15) is 9.18 Å².